The summed E-state index contributed by atoms with van der Waals surface area (Å²) in [7, 11) is -3.85. The Morgan fingerprint density at radius 3 is 2.24 bits per heavy atom. The quantitative estimate of drug-likeness (QED) is 0.320. The molecule has 0 aliphatic carbocycles. The van der Waals surface area contributed by atoms with E-state index < -0.39 is 10.1 Å². The second-order valence-corrected chi connectivity index (χ2v) is 9.30. The van der Waals surface area contributed by atoms with Crippen LogP contribution in [0.5, 0.6) is 0 Å². The Morgan fingerprint density at radius 2 is 1.64 bits per heavy atom. The maximum Gasteiger partial charge on any atom is 0.265 e. The summed E-state index contributed by atoms with van der Waals surface area (Å²) in [6, 6.07) is 0. The smallest absolute Gasteiger partial charge is 0.265 e. The molecule has 0 radical (unpaired) electrons. The van der Waals surface area contributed by atoms with Crippen LogP contribution in [0.15, 0.2) is 12.5 Å². The highest BCUT2D eigenvalue weighted by molar-refractivity contribution is 7.99. The van der Waals surface area contributed by atoms with Crippen molar-refractivity contribution in [2.45, 2.75) is 83.4 Å². The van der Waals surface area contributed by atoms with E-state index in [9.17, 15) is 8.42 Å². The van der Waals surface area contributed by atoms with E-state index in [4.69, 9.17) is 4.55 Å². The molecule has 7 heteroatoms. The minimum atomic E-state index is -3.85. The molecular formula is C18H34N2O3S2. The zero-order valence-electron chi connectivity index (χ0n) is 15.5. The molecule has 0 unspecified atom stereocenters. The summed E-state index contributed by atoms with van der Waals surface area (Å²) in [6.45, 7) is 3.26. The van der Waals surface area contributed by atoms with Gasteiger partial charge in [-0.15, -0.1) is 0 Å². The van der Waals surface area contributed by atoms with Gasteiger partial charge in [0.1, 0.15) is 0 Å². The summed E-state index contributed by atoms with van der Waals surface area (Å²) in [6.07, 6.45) is 17.3. The number of hydrogen-bond acceptors (Lipinski definition) is 4. The average molecular weight is 391 g/mol. The van der Waals surface area contributed by atoms with Crippen LogP contribution in [-0.4, -0.2) is 34.0 Å². The number of aromatic nitrogens is 2. The molecule has 1 N–H and O–H groups in total. The van der Waals surface area contributed by atoms with Gasteiger partial charge in [-0.25, -0.2) is 4.98 Å². The third-order valence-corrected chi connectivity index (χ3v) is 6.16. The van der Waals surface area contributed by atoms with Crippen LogP contribution >= 0.6 is 11.8 Å². The van der Waals surface area contributed by atoms with Gasteiger partial charge in [-0.05, 0) is 6.42 Å². The standard InChI is InChI=1S/C18H34N2O3S2/c1-2-3-4-5-6-7-8-9-10-11-12-20-15-18(19-17-20)16-24-13-14-25(21,22)23/h15,17H,2-14,16H2,1H3,(H,21,22,23). The minimum Gasteiger partial charge on any atom is -0.337 e. The first-order valence-corrected chi connectivity index (χ1v) is 12.3. The van der Waals surface area contributed by atoms with Crippen LogP contribution in [0.25, 0.3) is 0 Å². The number of unbranched alkanes of at least 4 members (excludes halogenated alkanes) is 9. The zero-order chi connectivity index (χ0) is 18.4. The Morgan fingerprint density at radius 1 is 1.04 bits per heavy atom. The third-order valence-electron chi connectivity index (χ3n) is 4.19. The van der Waals surface area contributed by atoms with E-state index in [2.05, 4.69) is 16.5 Å². The summed E-state index contributed by atoms with van der Waals surface area (Å²) in [4.78, 5) is 4.34. The summed E-state index contributed by atoms with van der Waals surface area (Å²) >= 11 is 1.48. The minimum absolute atomic E-state index is 0.197. The van der Waals surface area contributed by atoms with E-state index in [0.717, 1.165) is 12.2 Å². The number of nitrogens with zero attached hydrogens (tertiary/aromatic N) is 2. The van der Waals surface area contributed by atoms with Crippen LogP contribution in [0.2, 0.25) is 0 Å². The lowest BCUT2D eigenvalue weighted by molar-refractivity contribution is 0.485. The molecule has 1 heterocycles. The van der Waals surface area contributed by atoms with Gasteiger partial charge in [0.2, 0.25) is 0 Å². The number of aryl methyl sites for hydroxylation is 1. The highest BCUT2D eigenvalue weighted by Gasteiger charge is 2.05. The van der Waals surface area contributed by atoms with Gasteiger partial charge in [-0.2, -0.15) is 20.2 Å². The van der Waals surface area contributed by atoms with Crippen molar-refractivity contribution in [1.82, 2.24) is 9.55 Å². The molecule has 0 aliphatic rings. The monoisotopic (exact) mass is 390 g/mol. The molecule has 1 aromatic heterocycles. The first-order chi connectivity index (χ1) is 12.0. The molecule has 0 atom stereocenters. The van der Waals surface area contributed by atoms with Crippen LogP contribution < -0.4 is 0 Å². The van der Waals surface area contributed by atoms with E-state index in [-0.39, 0.29) is 5.75 Å². The normalized spacial score (nSPS) is 11.9. The lowest BCUT2D eigenvalue weighted by Gasteiger charge is -2.03. The number of thioether (sulfide) groups is 1. The second-order valence-electron chi connectivity index (χ2n) is 6.62. The maximum absolute atomic E-state index is 10.6. The molecule has 0 amide bonds. The first kappa shape index (κ1) is 22.5. The highest BCUT2D eigenvalue weighted by Crippen LogP contribution is 2.13. The van der Waals surface area contributed by atoms with E-state index >= 15 is 0 Å². The fourth-order valence-corrected chi connectivity index (χ4v) is 4.54. The maximum atomic E-state index is 10.6. The molecule has 146 valence electrons. The molecule has 25 heavy (non-hydrogen) atoms. The highest BCUT2D eigenvalue weighted by atomic mass is 32.2. The Bertz CT molecular complexity index is 544. The summed E-state index contributed by atoms with van der Waals surface area (Å²) in [5.41, 5.74) is 0.965. The largest absolute Gasteiger partial charge is 0.337 e. The van der Waals surface area contributed by atoms with Gasteiger partial charge in [0, 0.05) is 24.2 Å². The Labute approximate surface area is 157 Å². The molecule has 0 spiro atoms. The fourth-order valence-electron chi connectivity index (χ4n) is 2.73. The van der Waals surface area contributed by atoms with Crippen molar-refractivity contribution in [2.75, 3.05) is 11.5 Å². The average Bonchev–Trinajstić information content (AvgIpc) is 3.00. The summed E-state index contributed by atoms with van der Waals surface area (Å²) in [5, 5.41) is 0. The number of rotatable bonds is 16. The molecular weight excluding hydrogens is 356 g/mol. The molecule has 0 saturated heterocycles. The fraction of sp³-hybridized carbons (Fsp3) is 0.833. The first-order valence-electron chi connectivity index (χ1n) is 9.55. The van der Waals surface area contributed by atoms with Crippen LogP contribution in [0.1, 0.15) is 76.8 Å². The van der Waals surface area contributed by atoms with Crippen molar-refractivity contribution in [3.63, 3.8) is 0 Å². The molecule has 0 aromatic carbocycles. The predicted octanol–water partition coefficient (Wildman–Crippen LogP) is 4.93. The van der Waals surface area contributed by atoms with Gasteiger partial charge in [0.15, 0.2) is 0 Å². The van der Waals surface area contributed by atoms with Crippen LogP contribution in [0.4, 0.5) is 0 Å². The molecule has 0 fully saturated rings. The van der Waals surface area contributed by atoms with E-state index in [0.29, 0.717) is 11.5 Å². The zero-order valence-corrected chi connectivity index (χ0v) is 17.2. The van der Waals surface area contributed by atoms with Crippen molar-refractivity contribution in [3.05, 3.63) is 18.2 Å². The van der Waals surface area contributed by atoms with Crippen molar-refractivity contribution < 1.29 is 13.0 Å². The summed E-state index contributed by atoms with van der Waals surface area (Å²) < 4.78 is 32.1. The Hall–Kier alpha value is -0.530. The van der Waals surface area contributed by atoms with E-state index in [1.54, 1.807) is 0 Å². The Balaban J connectivity index is 1.99. The van der Waals surface area contributed by atoms with Gasteiger partial charge in [-0.1, -0.05) is 64.7 Å². The number of hydrogen-bond donors (Lipinski definition) is 1. The van der Waals surface area contributed by atoms with Gasteiger partial charge in [0.05, 0.1) is 17.8 Å². The molecule has 0 saturated carbocycles. The second kappa shape index (κ2) is 13.6. The molecule has 1 aromatic rings. The third kappa shape index (κ3) is 13.3. The van der Waals surface area contributed by atoms with Crippen LogP contribution in [-0.2, 0) is 22.4 Å². The Kier molecular flexibility index (Phi) is 12.3. The SMILES string of the molecule is CCCCCCCCCCCCn1cnc(CSCCS(=O)(=O)O)c1. The van der Waals surface area contributed by atoms with Crippen LogP contribution in [0.3, 0.4) is 0 Å². The lowest BCUT2D eigenvalue weighted by atomic mass is 10.1. The van der Waals surface area contributed by atoms with Crippen molar-refractivity contribution in [1.29, 1.82) is 0 Å². The predicted molar refractivity (Wildman–Crippen MR) is 107 cm³/mol. The topological polar surface area (TPSA) is 72.2 Å². The number of imidazole rings is 1. The van der Waals surface area contributed by atoms with Gasteiger partial charge in [0.25, 0.3) is 10.1 Å². The molecule has 1 rings (SSSR count). The lowest BCUT2D eigenvalue weighted by Crippen LogP contribution is -2.05. The molecule has 0 aliphatic heterocycles. The van der Waals surface area contributed by atoms with Gasteiger partial charge >= 0.3 is 0 Å². The molecule has 0 bridgehead atoms. The van der Waals surface area contributed by atoms with Crippen molar-refractivity contribution in [2.24, 2.45) is 0 Å². The van der Waals surface area contributed by atoms with Crippen LogP contribution in [0, 0.1) is 0 Å². The van der Waals surface area contributed by atoms with E-state index in [1.807, 2.05) is 12.5 Å². The van der Waals surface area contributed by atoms with Crippen molar-refractivity contribution in [3.8, 4) is 0 Å². The summed E-state index contributed by atoms with van der Waals surface area (Å²) in [5.74, 6) is 0.877. The van der Waals surface area contributed by atoms with Gasteiger partial charge < -0.3 is 4.57 Å². The van der Waals surface area contributed by atoms with E-state index in [1.165, 1.54) is 76.0 Å². The molecule has 5 nitrogen and oxygen atoms in total. The van der Waals surface area contributed by atoms with Gasteiger partial charge in [-0.3, -0.25) is 4.55 Å². The van der Waals surface area contributed by atoms with Crippen molar-refractivity contribution >= 4 is 21.9 Å².